The summed E-state index contributed by atoms with van der Waals surface area (Å²) in [6.07, 6.45) is 6.10. The molecule has 1 unspecified atom stereocenters. The first-order valence-corrected chi connectivity index (χ1v) is 7.89. The van der Waals surface area contributed by atoms with Crippen LogP contribution in [0, 0.1) is 5.82 Å². The quantitative estimate of drug-likeness (QED) is 0.836. The van der Waals surface area contributed by atoms with Crippen molar-refractivity contribution in [2.24, 2.45) is 0 Å². The lowest BCUT2D eigenvalue weighted by Gasteiger charge is -2.30. The molecular weight excluding hydrogens is 251 g/mol. The minimum Gasteiger partial charge on any atom is -0.371 e. The van der Waals surface area contributed by atoms with E-state index in [1.807, 2.05) is 6.07 Å². The number of nitrogens with one attached hydrogen (secondary N) is 1. The zero-order valence-electron chi connectivity index (χ0n) is 13.0. The maximum atomic E-state index is 14.3. The van der Waals surface area contributed by atoms with Crippen molar-refractivity contribution in [2.45, 2.75) is 58.0 Å². The molecule has 0 aliphatic heterocycles. The zero-order chi connectivity index (χ0) is 14.5. The van der Waals surface area contributed by atoms with E-state index in [0.717, 1.165) is 24.2 Å². The number of anilines is 1. The van der Waals surface area contributed by atoms with Gasteiger partial charge in [-0.3, -0.25) is 0 Å². The number of rotatable bonds is 6. The second-order valence-electron chi connectivity index (χ2n) is 5.90. The second kappa shape index (κ2) is 7.07. The van der Waals surface area contributed by atoms with Gasteiger partial charge in [0.2, 0.25) is 0 Å². The largest absolute Gasteiger partial charge is 0.371 e. The molecule has 0 saturated heterocycles. The second-order valence-corrected chi connectivity index (χ2v) is 5.90. The summed E-state index contributed by atoms with van der Waals surface area (Å²) in [5.74, 6) is -0.0940. The van der Waals surface area contributed by atoms with Crippen LogP contribution in [0.3, 0.4) is 0 Å². The first-order chi connectivity index (χ1) is 9.65. The molecule has 0 amide bonds. The van der Waals surface area contributed by atoms with Crippen molar-refractivity contribution < 1.29 is 4.39 Å². The van der Waals surface area contributed by atoms with Gasteiger partial charge in [-0.15, -0.1) is 0 Å². The van der Waals surface area contributed by atoms with Gasteiger partial charge in [-0.05, 0) is 44.9 Å². The Bertz CT molecular complexity index is 427. The first-order valence-electron chi connectivity index (χ1n) is 7.89. The van der Waals surface area contributed by atoms with Crippen molar-refractivity contribution in [3.05, 3.63) is 29.6 Å². The van der Waals surface area contributed by atoms with E-state index in [1.165, 1.54) is 25.7 Å². The highest BCUT2D eigenvalue weighted by molar-refractivity contribution is 5.56. The van der Waals surface area contributed by atoms with Gasteiger partial charge in [0.05, 0.1) is 0 Å². The van der Waals surface area contributed by atoms with Crippen LogP contribution in [0.2, 0.25) is 0 Å². The Hall–Kier alpha value is -1.09. The summed E-state index contributed by atoms with van der Waals surface area (Å²) in [4.78, 5) is 2.29. The van der Waals surface area contributed by atoms with Crippen LogP contribution in [0.15, 0.2) is 18.2 Å². The first kappa shape index (κ1) is 15.3. The Labute approximate surface area is 122 Å². The smallest absolute Gasteiger partial charge is 0.130 e. The molecule has 1 saturated carbocycles. The normalized spacial score (nSPS) is 17.4. The van der Waals surface area contributed by atoms with E-state index < -0.39 is 0 Å². The number of hydrogen-bond donors (Lipinski definition) is 1. The Kier molecular flexibility index (Phi) is 5.41. The fourth-order valence-electron chi connectivity index (χ4n) is 3.21. The highest BCUT2D eigenvalue weighted by Gasteiger charge is 2.24. The predicted molar refractivity (Wildman–Crippen MR) is 83.8 cm³/mol. The molecule has 20 heavy (non-hydrogen) atoms. The Morgan fingerprint density at radius 1 is 1.35 bits per heavy atom. The Balaban J connectivity index is 2.25. The number of halogens is 1. The fourth-order valence-corrected chi connectivity index (χ4v) is 3.21. The summed E-state index contributed by atoms with van der Waals surface area (Å²) >= 11 is 0. The van der Waals surface area contributed by atoms with Crippen LogP contribution in [-0.4, -0.2) is 19.6 Å². The fraction of sp³-hybridized carbons (Fsp3) is 0.647. The number of hydrogen-bond acceptors (Lipinski definition) is 2. The van der Waals surface area contributed by atoms with Gasteiger partial charge >= 0.3 is 0 Å². The lowest BCUT2D eigenvalue weighted by atomic mass is 10.0. The number of nitrogens with zero attached hydrogens (tertiary/aromatic N) is 1. The summed E-state index contributed by atoms with van der Waals surface area (Å²) in [5.41, 5.74) is 1.86. The summed E-state index contributed by atoms with van der Waals surface area (Å²) in [7, 11) is 2.11. The van der Waals surface area contributed by atoms with Gasteiger partial charge < -0.3 is 10.2 Å². The topological polar surface area (TPSA) is 15.3 Å². The van der Waals surface area contributed by atoms with Gasteiger partial charge in [0, 0.05) is 30.4 Å². The molecule has 0 bridgehead atoms. The monoisotopic (exact) mass is 278 g/mol. The van der Waals surface area contributed by atoms with Crippen molar-refractivity contribution in [2.75, 3.05) is 18.5 Å². The molecule has 2 rings (SSSR count). The molecule has 1 aromatic rings. The molecule has 1 aromatic carbocycles. The minimum absolute atomic E-state index is 0.0509. The third-order valence-electron chi connectivity index (χ3n) is 4.42. The Morgan fingerprint density at radius 2 is 2.05 bits per heavy atom. The summed E-state index contributed by atoms with van der Waals surface area (Å²) in [5, 5.41) is 3.41. The van der Waals surface area contributed by atoms with Crippen LogP contribution in [0.1, 0.15) is 57.6 Å². The highest BCUT2D eigenvalue weighted by atomic mass is 19.1. The average Bonchev–Trinajstić information content (AvgIpc) is 2.97. The van der Waals surface area contributed by atoms with Gasteiger partial charge in [0.1, 0.15) is 5.82 Å². The summed E-state index contributed by atoms with van der Waals surface area (Å²) in [6.45, 7) is 5.11. The van der Waals surface area contributed by atoms with Crippen LogP contribution in [0.25, 0.3) is 0 Å². The van der Waals surface area contributed by atoms with Crippen LogP contribution in [0.5, 0.6) is 0 Å². The van der Waals surface area contributed by atoms with Crippen LogP contribution >= 0.6 is 0 Å². The maximum absolute atomic E-state index is 14.3. The predicted octanol–water partition coefficient (Wildman–Crippen LogP) is 4.27. The van der Waals surface area contributed by atoms with Crippen LogP contribution in [0.4, 0.5) is 10.1 Å². The van der Waals surface area contributed by atoms with Gasteiger partial charge in [-0.25, -0.2) is 4.39 Å². The molecule has 1 aliphatic rings. The third-order valence-corrected chi connectivity index (χ3v) is 4.42. The van der Waals surface area contributed by atoms with E-state index in [9.17, 15) is 4.39 Å². The van der Waals surface area contributed by atoms with Gasteiger partial charge in [0.15, 0.2) is 0 Å². The minimum atomic E-state index is -0.0940. The van der Waals surface area contributed by atoms with Gasteiger partial charge in [0.25, 0.3) is 0 Å². The average molecular weight is 278 g/mol. The standard InChI is InChI=1S/C17H27FN2/c1-4-12-19-13(2)17-15(18)10-7-11-16(17)20(3)14-8-5-6-9-14/h7,10-11,13-14,19H,4-6,8-9,12H2,1-3H3. The van der Waals surface area contributed by atoms with Crippen molar-refractivity contribution in [1.29, 1.82) is 0 Å². The highest BCUT2D eigenvalue weighted by Crippen LogP contribution is 2.33. The lowest BCUT2D eigenvalue weighted by Crippen LogP contribution is -2.31. The van der Waals surface area contributed by atoms with Crippen LogP contribution in [-0.2, 0) is 0 Å². The molecule has 0 aromatic heterocycles. The molecule has 1 fully saturated rings. The van der Waals surface area contributed by atoms with Crippen molar-refractivity contribution >= 4 is 5.69 Å². The van der Waals surface area contributed by atoms with E-state index >= 15 is 0 Å². The van der Waals surface area contributed by atoms with Crippen molar-refractivity contribution in [3.8, 4) is 0 Å². The van der Waals surface area contributed by atoms with E-state index in [4.69, 9.17) is 0 Å². The van der Waals surface area contributed by atoms with Crippen molar-refractivity contribution in [3.63, 3.8) is 0 Å². The SMILES string of the molecule is CCCNC(C)c1c(F)cccc1N(C)C1CCCC1. The molecular formula is C17H27FN2. The Morgan fingerprint density at radius 3 is 2.70 bits per heavy atom. The van der Waals surface area contributed by atoms with E-state index in [-0.39, 0.29) is 11.9 Å². The lowest BCUT2D eigenvalue weighted by molar-refractivity contribution is 0.523. The zero-order valence-corrected chi connectivity index (χ0v) is 13.0. The van der Waals surface area contributed by atoms with Gasteiger partial charge in [-0.1, -0.05) is 25.8 Å². The molecule has 0 heterocycles. The van der Waals surface area contributed by atoms with Gasteiger partial charge in [-0.2, -0.15) is 0 Å². The van der Waals surface area contributed by atoms with Crippen LogP contribution < -0.4 is 10.2 Å². The molecule has 112 valence electrons. The molecule has 1 N–H and O–H groups in total. The summed E-state index contributed by atoms with van der Waals surface area (Å²) < 4.78 is 14.3. The maximum Gasteiger partial charge on any atom is 0.130 e. The van der Waals surface area contributed by atoms with E-state index in [2.05, 4.69) is 37.2 Å². The van der Waals surface area contributed by atoms with E-state index in [0.29, 0.717) is 6.04 Å². The molecule has 0 spiro atoms. The third kappa shape index (κ3) is 3.32. The molecule has 1 atom stereocenters. The number of benzene rings is 1. The van der Waals surface area contributed by atoms with E-state index in [1.54, 1.807) is 6.07 Å². The summed E-state index contributed by atoms with van der Waals surface area (Å²) in [6, 6.07) is 6.07. The molecule has 1 aliphatic carbocycles. The van der Waals surface area contributed by atoms with Crippen molar-refractivity contribution in [1.82, 2.24) is 5.32 Å². The molecule has 2 nitrogen and oxygen atoms in total. The molecule has 0 radical (unpaired) electrons. The molecule has 3 heteroatoms.